The molecule has 1 aromatic carbocycles. The Balaban J connectivity index is 2.54. The van der Waals surface area contributed by atoms with Gasteiger partial charge in [0.15, 0.2) is 0 Å². The van der Waals surface area contributed by atoms with Crippen LogP contribution in [0.1, 0.15) is 98.5 Å². The van der Waals surface area contributed by atoms with Crippen LogP contribution in [-0.2, 0) is 4.74 Å². The van der Waals surface area contributed by atoms with Crippen molar-refractivity contribution in [3.63, 3.8) is 0 Å². The SMILES string of the molecule is CC/C=C(\C(C/C(OC(C)(C)C)=C(\C)CCC)c1ccc(Cl)c(Cl)c1)[C@H]1CCC1C. The molecule has 3 heteroatoms. The fourth-order valence-electron chi connectivity index (χ4n) is 4.48. The minimum atomic E-state index is -0.217. The number of rotatable bonds is 9. The molecule has 0 saturated heterocycles. The molecule has 1 aliphatic rings. The standard InChI is InChI=1S/C27H40Cl2O/c1-8-10-19(4)26(30-27(5,6)7)17-23(20-13-15-24(28)25(29)16-20)22(11-9-2)21-14-12-18(21)3/h11,13,15-16,18,21,23H,8-10,12,14,17H2,1-7H3/b22-11-,26-19-/t18?,21-,23?/m0/s1. The highest BCUT2D eigenvalue weighted by atomic mass is 35.5. The van der Waals surface area contributed by atoms with Crippen molar-refractivity contribution in [2.24, 2.45) is 11.8 Å². The summed E-state index contributed by atoms with van der Waals surface area (Å²) in [4.78, 5) is 0. The van der Waals surface area contributed by atoms with Crippen molar-refractivity contribution in [3.05, 3.63) is 56.8 Å². The molecule has 30 heavy (non-hydrogen) atoms. The summed E-state index contributed by atoms with van der Waals surface area (Å²) < 4.78 is 6.54. The first-order chi connectivity index (χ1) is 14.1. The lowest BCUT2D eigenvalue weighted by Gasteiger charge is -2.40. The van der Waals surface area contributed by atoms with Crippen molar-refractivity contribution < 1.29 is 4.74 Å². The predicted octanol–water partition coefficient (Wildman–Crippen LogP) is 9.74. The smallest absolute Gasteiger partial charge is 0.100 e. The van der Waals surface area contributed by atoms with Gasteiger partial charge in [-0.2, -0.15) is 0 Å². The normalized spacial score (nSPS) is 21.7. The van der Waals surface area contributed by atoms with Crippen LogP contribution in [0.4, 0.5) is 0 Å². The number of ether oxygens (including phenoxy) is 1. The molecule has 1 fully saturated rings. The molecule has 0 radical (unpaired) electrons. The fourth-order valence-corrected chi connectivity index (χ4v) is 4.79. The molecule has 1 nitrogen and oxygen atoms in total. The predicted molar refractivity (Wildman–Crippen MR) is 133 cm³/mol. The van der Waals surface area contributed by atoms with Crippen molar-refractivity contribution in [1.29, 1.82) is 0 Å². The van der Waals surface area contributed by atoms with Crippen molar-refractivity contribution in [2.75, 3.05) is 0 Å². The van der Waals surface area contributed by atoms with Gasteiger partial charge in [-0.1, -0.05) is 68.1 Å². The minimum Gasteiger partial charge on any atom is -0.493 e. The summed E-state index contributed by atoms with van der Waals surface area (Å²) in [5, 5.41) is 1.24. The summed E-state index contributed by atoms with van der Waals surface area (Å²) in [6.45, 7) is 15.5. The third-order valence-electron chi connectivity index (χ3n) is 6.16. The van der Waals surface area contributed by atoms with Crippen molar-refractivity contribution in [3.8, 4) is 0 Å². The van der Waals surface area contributed by atoms with E-state index in [0.29, 0.717) is 16.0 Å². The Hall–Kier alpha value is -0.920. The summed E-state index contributed by atoms with van der Waals surface area (Å²) in [5.41, 5.74) is 3.93. The monoisotopic (exact) mass is 450 g/mol. The van der Waals surface area contributed by atoms with Crippen LogP contribution >= 0.6 is 23.2 Å². The Morgan fingerprint density at radius 2 is 1.87 bits per heavy atom. The second kappa shape index (κ2) is 11.1. The van der Waals surface area contributed by atoms with Gasteiger partial charge < -0.3 is 4.74 Å². The average molecular weight is 452 g/mol. The third kappa shape index (κ3) is 6.79. The second-order valence-corrected chi connectivity index (χ2v) is 10.7. The molecule has 2 rings (SSSR count). The van der Waals surface area contributed by atoms with E-state index in [9.17, 15) is 0 Å². The summed E-state index contributed by atoms with van der Waals surface area (Å²) in [5.74, 6) is 2.78. The number of allylic oxidation sites excluding steroid dienone is 4. The zero-order chi connectivity index (χ0) is 22.5. The van der Waals surface area contributed by atoms with Crippen LogP contribution in [-0.4, -0.2) is 5.60 Å². The molecule has 0 amide bonds. The minimum absolute atomic E-state index is 0.217. The van der Waals surface area contributed by atoms with E-state index in [1.165, 1.54) is 24.0 Å². The van der Waals surface area contributed by atoms with Crippen LogP contribution < -0.4 is 0 Å². The number of hydrogen-bond acceptors (Lipinski definition) is 1. The molecule has 0 aliphatic heterocycles. The molecule has 2 unspecified atom stereocenters. The molecule has 1 aromatic rings. The van der Waals surface area contributed by atoms with E-state index in [0.717, 1.165) is 37.4 Å². The lowest BCUT2D eigenvalue weighted by atomic mass is 9.65. The van der Waals surface area contributed by atoms with Crippen LogP contribution in [0.15, 0.2) is 41.2 Å². The van der Waals surface area contributed by atoms with Crippen molar-refractivity contribution in [2.45, 2.75) is 98.5 Å². The van der Waals surface area contributed by atoms with E-state index < -0.39 is 0 Å². The molecule has 1 saturated carbocycles. The third-order valence-corrected chi connectivity index (χ3v) is 6.90. The molecule has 0 spiro atoms. The Labute approximate surface area is 194 Å². The quantitative estimate of drug-likeness (QED) is 0.268. The van der Waals surface area contributed by atoms with Crippen LogP contribution in [0.25, 0.3) is 0 Å². The number of benzene rings is 1. The molecule has 0 heterocycles. The summed E-state index contributed by atoms with van der Waals surface area (Å²) >= 11 is 12.7. The highest BCUT2D eigenvalue weighted by Gasteiger charge is 2.35. The summed E-state index contributed by atoms with van der Waals surface area (Å²) in [6.07, 6.45) is 9.15. The first kappa shape index (κ1) is 25.3. The van der Waals surface area contributed by atoms with E-state index in [1.54, 1.807) is 5.57 Å². The Morgan fingerprint density at radius 1 is 1.17 bits per heavy atom. The van der Waals surface area contributed by atoms with Crippen LogP contribution in [0.5, 0.6) is 0 Å². The van der Waals surface area contributed by atoms with E-state index in [2.05, 4.69) is 66.7 Å². The molecule has 0 N–H and O–H groups in total. The zero-order valence-corrected chi connectivity index (χ0v) is 21.5. The molecule has 3 atom stereocenters. The Bertz CT molecular complexity index is 770. The highest BCUT2D eigenvalue weighted by molar-refractivity contribution is 6.42. The van der Waals surface area contributed by atoms with E-state index in [4.69, 9.17) is 27.9 Å². The summed E-state index contributed by atoms with van der Waals surface area (Å²) in [6, 6.07) is 6.15. The van der Waals surface area contributed by atoms with Gasteiger partial charge in [-0.05, 0) is 88.5 Å². The molecule has 168 valence electrons. The van der Waals surface area contributed by atoms with Crippen LogP contribution in [0, 0.1) is 11.8 Å². The Morgan fingerprint density at radius 3 is 2.33 bits per heavy atom. The van der Waals surface area contributed by atoms with E-state index in [1.807, 2.05) is 6.07 Å². The lowest BCUT2D eigenvalue weighted by molar-refractivity contribution is 0.0427. The van der Waals surface area contributed by atoms with Gasteiger partial charge >= 0.3 is 0 Å². The van der Waals surface area contributed by atoms with Gasteiger partial charge in [-0.3, -0.25) is 0 Å². The van der Waals surface area contributed by atoms with Crippen molar-refractivity contribution >= 4 is 23.2 Å². The molecule has 1 aliphatic carbocycles. The largest absolute Gasteiger partial charge is 0.493 e. The maximum absolute atomic E-state index is 6.54. The van der Waals surface area contributed by atoms with Gasteiger partial charge in [-0.15, -0.1) is 0 Å². The lowest BCUT2D eigenvalue weighted by Crippen LogP contribution is -2.28. The van der Waals surface area contributed by atoms with Gasteiger partial charge in [0.1, 0.15) is 5.60 Å². The second-order valence-electron chi connectivity index (χ2n) is 9.87. The molecular weight excluding hydrogens is 411 g/mol. The van der Waals surface area contributed by atoms with Crippen molar-refractivity contribution in [1.82, 2.24) is 0 Å². The topological polar surface area (TPSA) is 9.23 Å². The van der Waals surface area contributed by atoms with Gasteiger partial charge in [0.05, 0.1) is 15.8 Å². The Kier molecular flexibility index (Phi) is 9.37. The molecular formula is C27H40Cl2O. The first-order valence-electron chi connectivity index (χ1n) is 11.6. The van der Waals surface area contributed by atoms with Gasteiger partial charge in [0.2, 0.25) is 0 Å². The fraction of sp³-hybridized carbons (Fsp3) is 0.630. The van der Waals surface area contributed by atoms with Gasteiger partial charge in [-0.25, -0.2) is 0 Å². The maximum atomic E-state index is 6.54. The number of hydrogen-bond donors (Lipinski definition) is 0. The zero-order valence-electron chi connectivity index (χ0n) is 19.9. The van der Waals surface area contributed by atoms with E-state index in [-0.39, 0.29) is 11.5 Å². The average Bonchev–Trinajstić information content (AvgIpc) is 2.65. The summed E-state index contributed by atoms with van der Waals surface area (Å²) in [7, 11) is 0. The van der Waals surface area contributed by atoms with E-state index >= 15 is 0 Å². The van der Waals surface area contributed by atoms with Crippen LogP contribution in [0.2, 0.25) is 10.0 Å². The van der Waals surface area contributed by atoms with Crippen LogP contribution in [0.3, 0.4) is 0 Å². The molecule has 0 aromatic heterocycles. The maximum Gasteiger partial charge on any atom is 0.100 e. The van der Waals surface area contributed by atoms with Gasteiger partial charge in [0, 0.05) is 12.3 Å². The van der Waals surface area contributed by atoms with Gasteiger partial charge in [0.25, 0.3) is 0 Å². The first-order valence-corrected chi connectivity index (χ1v) is 12.3. The molecule has 0 bridgehead atoms. The highest BCUT2D eigenvalue weighted by Crippen LogP contribution is 2.48. The number of halogens is 2.